The number of phenolic OH excluding ortho intramolecular Hbond substituents is 1. The van der Waals surface area contributed by atoms with Gasteiger partial charge in [0.15, 0.2) is 0 Å². The maximum atomic E-state index is 12.1. The summed E-state index contributed by atoms with van der Waals surface area (Å²) in [6.07, 6.45) is 0. The topological polar surface area (TPSA) is 54.4 Å². The predicted octanol–water partition coefficient (Wildman–Crippen LogP) is 1.19. The SMILES string of the molecule is O=S(=O)(F)Cc1cccc(O)c1. The van der Waals surface area contributed by atoms with Crippen LogP contribution < -0.4 is 0 Å². The fraction of sp³-hybridized carbons (Fsp3) is 0.143. The third-order valence-corrected chi connectivity index (χ3v) is 1.93. The highest BCUT2D eigenvalue weighted by molar-refractivity contribution is 7.85. The number of benzene rings is 1. The van der Waals surface area contributed by atoms with Crippen molar-refractivity contribution >= 4 is 10.2 Å². The van der Waals surface area contributed by atoms with E-state index in [1.807, 2.05) is 0 Å². The largest absolute Gasteiger partial charge is 0.508 e. The molecule has 0 fully saturated rings. The molecule has 0 amide bonds. The zero-order valence-corrected chi connectivity index (χ0v) is 6.88. The summed E-state index contributed by atoms with van der Waals surface area (Å²) in [7, 11) is -4.51. The highest BCUT2D eigenvalue weighted by Gasteiger charge is 2.08. The van der Waals surface area contributed by atoms with Crippen molar-refractivity contribution in [2.24, 2.45) is 0 Å². The lowest BCUT2D eigenvalue weighted by molar-refractivity contribution is 0.475. The van der Waals surface area contributed by atoms with E-state index in [0.717, 1.165) is 0 Å². The van der Waals surface area contributed by atoms with Gasteiger partial charge in [0.25, 0.3) is 0 Å². The monoisotopic (exact) mass is 190 g/mol. The van der Waals surface area contributed by atoms with E-state index in [1.54, 1.807) is 0 Å². The number of aromatic hydroxyl groups is 1. The number of phenols is 1. The molecule has 1 rings (SSSR count). The van der Waals surface area contributed by atoms with Crippen LogP contribution in [0.25, 0.3) is 0 Å². The molecule has 0 bridgehead atoms. The first-order chi connectivity index (χ1) is 5.47. The van der Waals surface area contributed by atoms with Crippen LogP contribution >= 0.6 is 0 Å². The van der Waals surface area contributed by atoms with Crippen molar-refractivity contribution in [2.45, 2.75) is 5.75 Å². The van der Waals surface area contributed by atoms with Crippen LogP contribution in [0.3, 0.4) is 0 Å². The summed E-state index contributed by atoms with van der Waals surface area (Å²) in [5.74, 6) is -0.766. The summed E-state index contributed by atoms with van der Waals surface area (Å²) in [6.45, 7) is 0. The van der Waals surface area contributed by atoms with Gasteiger partial charge < -0.3 is 5.11 Å². The minimum atomic E-state index is -4.51. The van der Waals surface area contributed by atoms with Crippen LogP contribution in [-0.2, 0) is 16.0 Å². The molecular formula is C7H7FO3S. The third kappa shape index (κ3) is 2.87. The van der Waals surface area contributed by atoms with Crippen LogP contribution in [0.2, 0.25) is 0 Å². The second-order valence-corrected chi connectivity index (χ2v) is 3.72. The number of halogens is 1. The Hall–Kier alpha value is -1.10. The number of hydrogen-bond donors (Lipinski definition) is 1. The molecule has 1 aromatic rings. The molecule has 0 radical (unpaired) electrons. The van der Waals surface area contributed by atoms with Crippen molar-refractivity contribution in [3.05, 3.63) is 29.8 Å². The molecule has 0 saturated carbocycles. The van der Waals surface area contributed by atoms with Gasteiger partial charge in [-0.25, -0.2) is 0 Å². The normalized spacial score (nSPS) is 11.4. The van der Waals surface area contributed by atoms with Crippen molar-refractivity contribution in [3.8, 4) is 5.75 Å². The molecule has 5 heteroatoms. The van der Waals surface area contributed by atoms with Crippen LogP contribution in [0, 0.1) is 0 Å². The van der Waals surface area contributed by atoms with E-state index in [9.17, 15) is 12.3 Å². The molecule has 1 N–H and O–H groups in total. The lowest BCUT2D eigenvalue weighted by Gasteiger charge is -1.96. The minimum Gasteiger partial charge on any atom is -0.508 e. The van der Waals surface area contributed by atoms with Gasteiger partial charge in [-0.2, -0.15) is 8.42 Å². The van der Waals surface area contributed by atoms with E-state index >= 15 is 0 Å². The Balaban J connectivity index is 2.91. The van der Waals surface area contributed by atoms with Gasteiger partial charge in [-0.15, -0.1) is 3.89 Å². The van der Waals surface area contributed by atoms with Crippen molar-refractivity contribution < 1.29 is 17.4 Å². The Morgan fingerprint density at radius 2 is 2.08 bits per heavy atom. The van der Waals surface area contributed by atoms with E-state index in [4.69, 9.17) is 5.11 Å². The molecule has 3 nitrogen and oxygen atoms in total. The van der Waals surface area contributed by atoms with Gasteiger partial charge in [0.2, 0.25) is 0 Å². The molecule has 0 aromatic heterocycles. The number of hydrogen-bond acceptors (Lipinski definition) is 3. The highest BCUT2D eigenvalue weighted by atomic mass is 32.3. The maximum Gasteiger partial charge on any atom is 0.306 e. The first kappa shape index (κ1) is 8.99. The second-order valence-electron chi connectivity index (χ2n) is 2.35. The summed E-state index contributed by atoms with van der Waals surface area (Å²) >= 11 is 0. The molecule has 0 heterocycles. The zero-order valence-electron chi connectivity index (χ0n) is 6.07. The van der Waals surface area contributed by atoms with E-state index < -0.39 is 16.0 Å². The summed E-state index contributed by atoms with van der Waals surface area (Å²) in [6, 6.07) is 5.47. The molecule has 0 spiro atoms. The van der Waals surface area contributed by atoms with E-state index in [2.05, 4.69) is 0 Å². The van der Waals surface area contributed by atoms with Gasteiger partial charge in [-0.1, -0.05) is 12.1 Å². The van der Waals surface area contributed by atoms with Crippen LogP contribution in [0.4, 0.5) is 3.89 Å². The lowest BCUT2D eigenvalue weighted by atomic mass is 10.2. The summed E-state index contributed by atoms with van der Waals surface area (Å²) in [4.78, 5) is 0. The molecule has 1 aromatic carbocycles. The fourth-order valence-corrected chi connectivity index (χ4v) is 1.42. The molecule has 0 atom stereocenters. The Morgan fingerprint density at radius 1 is 1.42 bits per heavy atom. The minimum absolute atomic E-state index is 0.0730. The van der Waals surface area contributed by atoms with Crippen LogP contribution in [-0.4, -0.2) is 13.5 Å². The van der Waals surface area contributed by atoms with Gasteiger partial charge in [0.05, 0.1) is 0 Å². The summed E-state index contributed by atoms with van der Waals surface area (Å²) in [5, 5.41) is 8.89. The standard InChI is InChI=1S/C7H7FO3S/c8-12(10,11)5-6-2-1-3-7(9)4-6/h1-4,9H,5H2. The quantitative estimate of drug-likeness (QED) is 0.713. The summed E-state index contributed by atoms with van der Waals surface area (Å²) in [5.41, 5.74) is 0.234. The van der Waals surface area contributed by atoms with Crippen molar-refractivity contribution in [3.63, 3.8) is 0 Å². The molecule has 0 aliphatic carbocycles. The van der Waals surface area contributed by atoms with Gasteiger partial charge in [0.1, 0.15) is 11.5 Å². The van der Waals surface area contributed by atoms with Gasteiger partial charge in [-0.3, -0.25) is 0 Å². The number of rotatable bonds is 2. The molecule has 0 aliphatic rings. The van der Waals surface area contributed by atoms with Crippen LogP contribution in [0.5, 0.6) is 5.75 Å². The summed E-state index contributed by atoms with van der Waals surface area (Å²) < 4.78 is 32.4. The average molecular weight is 190 g/mol. The van der Waals surface area contributed by atoms with Crippen LogP contribution in [0.15, 0.2) is 24.3 Å². The molecule has 0 saturated heterocycles. The Labute approximate surface area is 69.7 Å². The molecule has 66 valence electrons. The lowest BCUT2D eigenvalue weighted by Crippen LogP contribution is -1.95. The van der Waals surface area contributed by atoms with Gasteiger partial charge >= 0.3 is 10.2 Å². The van der Waals surface area contributed by atoms with Gasteiger partial charge in [-0.05, 0) is 17.7 Å². The van der Waals surface area contributed by atoms with E-state index in [0.29, 0.717) is 0 Å². The smallest absolute Gasteiger partial charge is 0.306 e. The third-order valence-electron chi connectivity index (χ3n) is 1.25. The first-order valence-electron chi connectivity index (χ1n) is 3.17. The Kier molecular flexibility index (Phi) is 2.32. The second kappa shape index (κ2) is 3.10. The Morgan fingerprint density at radius 3 is 2.58 bits per heavy atom. The van der Waals surface area contributed by atoms with E-state index in [1.165, 1.54) is 24.3 Å². The zero-order chi connectivity index (χ0) is 9.19. The van der Waals surface area contributed by atoms with Crippen LogP contribution in [0.1, 0.15) is 5.56 Å². The fourth-order valence-electron chi connectivity index (χ4n) is 0.845. The molecular weight excluding hydrogens is 183 g/mol. The molecule has 12 heavy (non-hydrogen) atoms. The Bertz CT molecular complexity index is 372. The van der Waals surface area contributed by atoms with Gasteiger partial charge in [0, 0.05) is 0 Å². The molecule has 0 unspecified atom stereocenters. The predicted molar refractivity (Wildman–Crippen MR) is 41.8 cm³/mol. The highest BCUT2D eigenvalue weighted by Crippen LogP contribution is 2.13. The maximum absolute atomic E-state index is 12.1. The van der Waals surface area contributed by atoms with Crippen molar-refractivity contribution in [1.82, 2.24) is 0 Å². The average Bonchev–Trinajstić information content (AvgIpc) is 1.82. The van der Waals surface area contributed by atoms with E-state index in [-0.39, 0.29) is 11.3 Å². The van der Waals surface area contributed by atoms with Crippen molar-refractivity contribution in [1.29, 1.82) is 0 Å². The van der Waals surface area contributed by atoms with Crippen molar-refractivity contribution in [2.75, 3.05) is 0 Å². The first-order valence-corrected chi connectivity index (χ1v) is 4.73. The molecule has 0 aliphatic heterocycles.